The van der Waals surface area contributed by atoms with Crippen LogP contribution in [0.3, 0.4) is 0 Å². The van der Waals surface area contributed by atoms with Crippen LogP contribution in [0.15, 0.2) is 65.9 Å². The summed E-state index contributed by atoms with van der Waals surface area (Å²) in [5.41, 5.74) is 1.37. The quantitative estimate of drug-likeness (QED) is 0.592. The lowest BCUT2D eigenvalue weighted by molar-refractivity contribution is -0.139. The zero-order valence-electron chi connectivity index (χ0n) is 15.3. The van der Waals surface area contributed by atoms with Crippen LogP contribution in [0.5, 0.6) is 11.5 Å². The first kappa shape index (κ1) is 19.0. The maximum Gasteiger partial charge on any atom is 0.338 e. The normalized spacial score (nSPS) is 15.9. The van der Waals surface area contributed by atoms with E-state index in [-0.39, 0.29) is 18.6 Å². The van der Waals surface area contributed by atoms with Crippen molar-refractivity contribution in [1.82, 2.24) is 10.6 Å². The molecule has 7 heteroatoms. The number of nitriles is 1. The molecule has 1 atom stereocenters. The van der Waals surface area contributed by atoms with Crippen LogP contribution in [0.1, 0.15) is 24.9 Å². The fraction of sp³-hybridized carbons (Fsp3) is 0.190. The van der Waals surface area contributed by atoms with Gasteiger partial charge in [-0.3, -0.25) is 0 Å². The van der Waals surface area contributed by atoms with Crippen molar-refractivity contribution in [1.29, 1.82) is 5.26 Å². The van der Waals surface area contributed by atoms with Crippen LogP contribution in [0.4, 0.5) is 4.79 Å². The molecule has 0 fully saturated rings. The van der Waals surface area contributed by atoms with Gasteiger partial charge in [-0.05, 0) is 36.8 Å². The molecule has 3 rings (SSSR count). The number of ether oxygens (including phenoxy) is 2. The molecule has 1 aliphatic rings. The number of rotatable bonds is 6. The van der Waals surface area contributed by atoms with Gasteiger partial charge in [0.15, 0.2) is 0 Å². The third-order valence-electron chi connectivity index (χ3n) is 4.11. The number of amides is 2. The Labute approximate surface area is 162 Å². The van der Waals surface area contributed by atoms with E-state index in [1.807, 2.05) is 36.4 Å². The average molecular weight is 377 g/mol. The van der Waals surface area contributed by atoms with Crippen molar-refractivity contribution < 1.29 is 19.1 Å². The Balaban J connectivity index is 1.88. The van der Waals surface area contributed by atoms with Crippen molar-refractivity contribution in [3.63, 3.8) is 0 Å². The average Bonchev–Trinajstić information content (AvgIpc) is 2.68. The van der Waals surface area contributed by atoms with E-state index in [0.717, 1.165) is 0 Å². The number of nitrogens with one attached hydrogen (secondary N) is 2. The minimum Gasteiger partial charge on any atom is -0.461 e. The van der Waals surface area contributed by atoms with Gasteiger partial charge in [0.25, 0.3) is 0 Å². The van der Waals surface area contributed by atoms with Crippen LogP contribution in [0, 0.1) is 11.3 Å². The van der Waals surface area contributed by atoms with Gasteiger partial charge in [0.2, 0.25) is 0 Å². The van der Waals surface area contributed by atoms with Crippen LogP contribution in [0.25, 0.3) is 0 Å². The van der Waals surface area contributed by atoms with E-state index in [4.69, 9.17) is 14.7 Å². The second kappa shape index (κ2) is 8.73. The topological polar surface area (TPSA) is 100 Å². The number of hydrogen-bond donors (Lipinski definition) is 2. The Morgan fingerprint density at radius 3 is 2.64 bits per heavy atom. The van der Waals surface area contributed by atoms with Crippen molar-refractivity contribution >= 4 is 12.0 Å². The molecule has 0 saturated heterocycles. The van der Waals surface area contributed by atoms with Crippen molar-refractivity contribution in [2.45, 2.75) is 19.4 Å². The summed E-state index contributed by atoms with van der Waals surface area (Å²) in [6.45, 7) is 1.63. The summed E-state index contributed by atoms with van der Waals surface area (Å²) >= 11 is 0. The number of para-hydroxylation sites is 1. The predicted molar refractivity (Wildman–Crippen MR) is 101 cm³/mol. The molecule has 7 nitrogen and oxygen atoms in total. The molecule has 0 aromatic heterocycles. The van der Waals surface area contributed by atoms with Crippen LogP contribution < -0.4 is 15.4 Å². The summed E-state index contributed by atoms with van der Waals surface area (Å²) < 4.78 is 11.0. The molecular weight excluding hydrogens is 358 g/mol. The highest BCUT2D eigenvalue weighted by molar-refractivity contribution is 5.95. The monoisotopic (exact) mass is 377 g/mol. The summed E-state index contributed by atoms with van der Waals surface area (Å²) in [4.78, 5) is 24.5. The molecule has 2 N–H and O–H groups in total. The molecule has 0 spiro atoms. The van der Waals surface area contributed by atoms with Gasteiger partial charge in [-0.1, -0.05) is 30.3 Å². The van der Waals surface area contributed by atoms with E-state index in [1.54, 1.807) is 31.2 Å². The fourth-order valence-electron chi connectivity index (χ4n) is 2.86. The van der Waals surface area contributed by atoms with Gasteiger partial charge in [0, 0.05) is 5.70 Å². The van der Waals surface area contributed by atoms with Crippen LogP contribution in [0.2, 0.25) is 0 Å². The van der Waals surface area contributed by atoms with Crippen molar-refractivity contribution in [3.05, 3.63) is 71.4 Å². The molecule has 0 unspecified atom stereocenters. The number of hydrogen-bond acceptors (Lipinski definition) is 5. The van der Waals surface area contributed by atoms with Gasteiger partial charge in [0.05, 0.1) is 24.1 Å². The van der Waals surface area contributed by atoms with Crippen molar-refractivity contribution in [2.24, 2.45) is 0 Å². The molecule has 0 aliphatic carbocycles. The van der Waals surface area contributed by atoms with Gasteiger partial charge >= 0.3 is 12.0 Å². The zero-order chi connectivity index (χ0) is 19.9. The Kier molecular flexibility index (Phi) is 5.92. The summed E-state index contributed by atoms with van der Waals surface area (Å²) in [6, 6.07) is 17.3. The molecule has 1 aliphatic heterocycles. The van der Waals surface area contributed by atoms with Gasteiger partial charge < -0.3 is 20.1 Å². The molecule has 1 heterocycles. The maximum atomic E-state index is 12.5. The third kappa shape index (κ3) is 4.48. The second-order valence-electron chi connectivity index (χ2n) is 6.10. The molecule has 142 valence electrons. The first-order valence-corrected chi connectivity index (χ1v) is 8.73. The van der Waals surface area contributed by atoms with E-state index in [0.29, 0.717) is 22.8 Å². The standard InChI is InChI=1S/C21H19N3O4/c1-14-18(20(25)27-12-6-11-22)19(24-21(26)23-14)15-7-5-10-17(13-15)28-16-8-3-2-4-9-16/h2-5,7-10,13,19H,6,12H2,1H3,(H2,23,24,26)/t19-/m0/s1. The predicted octanol–water partition coefficient (Wildman–Crippen LogP) is 3.56. The Morgan fingerprint density at radius 1 is 1.14 bits per heavy atom. The molecule has 0 saturated carbocycles. The van der Waals surface area contributed by atoms with E-state index in [9.17, 15) is 9.59 Å². The highest BCUT2D eigenvalue weighted by atomic mass is 16.5. The highest BCUT2D eigenvalue weighted by Gasteiger charge is 2.32. The summed E-state index contributed by atoms with van der Waals surface area (Å²) in [5, 5.41) is 14.0. The number of allylic oxidation sites excluding steroid dienone is 1. The van der Waals surface area contributed by atoms with Crippen molar-refractivity contribution in [2.75, 3.05) is 6.61 Å². The zero-order valence-corrected chi connectivity index (χ0v) is 15.3. The number of carbonyl (C=O) groups excluding carboxylic acids is 2. The summed E-state index contributed by atoms with van der Waals surface area (Å²) in [7, 11) is 0. The molecule has 2 amide bonds. The van der Waals surface area contributed by atoms with E-state index in [1.165, 1.54) is 0 Å². The van der Waals surface area contributed by atoms with Gasteiger partial charge in [0.1, 0.15) is 18.1 Å². The second-order valence-corrected chi connectivity index (χ2v) is 6.10. The number of urea groups is 1. The Hall–Kier alpha value is -3.79. The summed E-state index contributed by atoms with van der Waals surface area (Å²) in [6.07, 6.45) is 0.100. The molecular formula is C21H19N3O4. The number of carbonyl (C=O) groups is 2. The largest absolute Gasteiger partial charge is 0.461 e. The van der Waals surface area contributed by atoms with E-state index < -0.39 is 18.0 Å². The fourth-order valence-corrected chi connectivity index (χ4v) is 2.86. The Morgan fingerprint density at radius 2 is 1.89 bits per heavy atom. The van der Waals surface area contributed by atoms with E-state index >= 15 is 0 Å². The minimum absolute atomic E-state index is 0.00998. The molecule has 0 bridgehead atoms. The van der Waals surface area contributed by atoms with Gasteiger partial charge in [-0.2, -0.15) is 5.26 Å². The first-order chi connectivity index (χ1) is 13.6. The first-order valence-electron chi connectivity index (χ1n) is 8.73. The molecule has 2 aromatic rings. The lowest BCUT2D eigenvalue weighted by Gasteiger charge is -2.28. The van der Waals surface area contributed by atoms with Crippen LogP contribution >= 0.6 is 0 Å². The van der Waals surface area contributed by atoms with Gasteiger partial charge in [-0.15, -0.1) is 0 Å². The third-order valence-corrected chi connectivity index (χ3v) is 4.11. The number of esters is 1. The number of benzene rings is 2. The van der Waals surface area contributed by atoms with Crippen LogP contribution in [-0.2, 0) is 9.53 Å². The molecule has 2 aromatic carbocycles. The van der Waals surface area contributed by atoms with Gasteiger partial charge in [-0.25, -0.2) is 9.59 Å². The van der Waals surface area contributed by atoms with Crippen molar-refractivity contribution in [3.8, 4) is 17.6 Å². The maximum absolute atomic E-state index is 12.5. The smallest absolute Gasteiger partial charge is 0.338 e. The lowest BCUT2D eigenvalue weighted by Crippen LogP contribution is -2.45. The highest BCUT2D eigenvalue weighted by Crippen LogP contribution is 2.31. The number of nitrogens with zero attached hydrogens (tertiary/aromatic N) is 1. The summed E-state index contributed by atoms with van der Waals surface area (Å²) in [5.74, 6) is 0.669. The lowest BCUT2D eigenvalue weighted by atomic mass is 9.95. The van der Waals surface area contributed by atoms with E-state index in [2.05, 4.69) is 10.6 Å². The minimum atomic E-state index is -0.692. The van der Waals surface area contributed by atoms with Crippen LogP contribution in [-0.4, -0.2) is 18.6 Å². The SMILES string of the molecule is CC1=C(C(=O)OCCC#N)[C@H](c2cccc(Oc3ccccc3)c2)NC(=O)N1. The Bertz CT molecular complexity index is 948. The molecule has 0 radical (unpaired) electrons. The molecule has 28 heavy (non-hydrogen) atoms.